The number of aromatic nitrogens is 2. The Labute approximate surface area is 155 Å². The second-order valence-corrected chi connectivity index (χ2v) is 5.66. The molecule has 0 spiro atoms. The molecule has 0 amide bonds. The molecule has 2 aromatic carbocycles. The summed E-state index contributed by atoms with van der Waals surface area (Å²) < 4.78 is 33.4. The van der Waals surface area contributed by atoms with E-state index in [1.807, 2.05) is 6.07 Å². The van der Waals surface area contributed by atoms with Crippen LogP contribution in [0.2, 0.25) is 0 Å². The number of aryl methyl sites for hydroxylation is 1. The molecule has 0 aliphatic rings. The molecule has 0 saturated heterocycles. The second kappa shape index (κ2) is 7.90. The van der Waals surface area contributed by atoms with Crippen molar-refractivity contribution in [2.75, 3.05) is 11.9 Å². The molecule has 5 nitrogen and oxygen atoms in total. The van der Waals surface area contributed by atoms with Gasteiger partial charge in [0.2, 0.25) is 0 Å². The van der Waals surface area contributed by atoms with E-state index < -0.39 is 17.6 Å². The van der Waals surface area contributed by atoms with Gasteiger partial charge in [0.05, 0.1) is 17.9 Å². The molecule has 1 N–H and O–H groups in total. The van der Waals surface area contributed by atoms with Gasteiger partial charge in [-0.2, -0.15) is 0 Å². The maximum atomic E-state index is 14.2. The molecule has 0 saturated carbocycles. The van der Waals surface area contributed by atoms with Crippen molar-refractivity contribution in [2.45, 2.75) is 13.8 Å². The van der Waals surface area contributed by atoms with Crippen LogP contribution >= 0.6 is 0 Å². The average Bonchev–Trinajstić information content (AvgIpc) is 2.62. The van der Waals surface area contributed by atoms with Crippen LogP contribution in [0, 0.1) is 18.6 Å². The van der Waals surface area contributed by atoms with E-state index in [2.05, 4.69) is 15.3 Å². The zero-order chi connectivity index (χ0) is 19.4. The Hall–Kier alpha value is -3.35. The largest absolute Gasteiger partial charge is 0.462 e. The monoisotopic (exact) mass is 369 g/mol. The molecule has 0 bridgehead atoms. The van der Waals surface area contributed by atoms with E-state index >= 15 is 0 Å². The first kappa shape index (κ1) is 18.4. The third kappa shape index (κ3) is 3.92. The molecular weight excluding hydrogens is 352 g/mol. The van der Waals surface area contributed by atoms with Gasteiger partial charge >= 0.3 is 5.97 Å². The summed E-state index contributed by atoms with van der Waals surface area (Å²) in [6, 6.07) is 12.5. The lowest BCUT2D eigenvalue weighted by Crippen LogP contribution is -2.14. The number of halogens is 2. The van der Waals surface area contributed by atoms with Gasteiger partial charge in [-0.1, -0.05) is 24.3 Å². The third-order valence-electron chi connectivity index (χ3n) is 3.79. The number of hydrogen-bond acceptors (Lipinski definition) is 5. The van der Waals surface area contributed by atoms with Crippen LogP contribution in [0.3, 0.4) is 0 Å². The van der Waals surface area contributed by atoms with E-state index in [-0.39, 0.29) is 35.1 Å². The summed E-state index contributed by atoms with van der Waals surface area (Å²) in [5.74, 6) is -2.23. The molecule has 0 aliphatic heterocycles. The van der Waals surface area contributed by atoms with Crippen molar-refractivity contribution in [1.29, 1.82) is 0 Å². The van der Waals surface area contributed by atoms with Crippen LogP contribution in [0.1, 0.15) is 23.0 Å². The topological polar surface area (TPSA) is 64.1 Å². The van der Waals surface area contributed by atoms with Gasteiger partial charge in [-0.25, -0.2) is 23.5 Å². The van der Waals surface area contributed by atoms with Crippen molar-refractivity contribution < 1.29 is 18.3 Å². The molecule has 7 heteroatoms. The van der Waals surface area contributed by atoms with E-state index in [4.69, 9.17) is 4.74 Å². The molecule has 138 valence electrons. The fraction of sp³-hybridized carbons (Fsp3) is 0.150. The molecule has 3 rings (SSSR count). The van der Waals surface area contributed by atoms with E-state index in [1.165, 1.54) is 6.07 Å². The number of ether oxygens (including phenoxy) is 1. The number of carbonyl (C=O) groups excluding carboxylic acids is 1. The molecule has 1 heterocycles. The van der Waals surface area contributed by atoms with Gasteiger partial charge < -0.3 is 10.1 Å². The SMILES string of the molecule is CCOC(=O)c1c(C)nc(-c2c(F)cccc2F)nc1Nc1ccccc1. The number of hydrogen-bond donors (Lipinski definition) is 1. The molecule has 0 atom stereocenters. The lowest BCUT2D eigenvalue weighted by Gasteiger charge is -2.14. The van der Waals surface area contributed by atoms with E-state index in [0.29, 0.717) is 5.69 Å². The Bertz CT molecular complexity index is 958. The molecule has 1 aromatic heterocycles. The molecule has 0 aliphatic carbocycles. The number of carbonyl (C=O) groups is 1. The Balaban J connectivity index is 2.17. The van der Waals surface area contributed by atoms with Crippen molar-refractivity contribution in [3.05, 3.63) is 71.4 Å². The highest BCUT2D eigenvalue weighted by Crippen LogP contribution is 2.28. The Morgan fingerprint density at radius 2 is 1.70 bits per heavy atom. The summed E-state index contributed by atoms with van der Waals surface area (Å²) in [4.78, 5) is 20.7. The number of para-hydroxylation sites is 1. The molecular formula is C20H17F2N3O2. The number of nitrogens with zero attached hydrogens (tertiary/aromatic N) is 2. The molecule has 0 radical (unpaired) electrons. The molecule has 0 fully saturated rings. The van der Waals surface area contributed by atoms with Crippen LogP contribution in [0.5, 0.6) is 0 Å². The van der Waals surface area contributed by atoms with Gasteiger partial charge in [-0.3, -0.25) is 0 Å². The van der Waals surface area contributed by atoms with Crippen molar-refractivity contribution in [3.8, 4) is 11.4 Å². The first-order chi connectivity index (χ1) is 13.0. The number of rotatable bonds is 5. The Morgan fingerprint density at radius 3 is 2.33 bits per heavy atom. The first-order valence-corrected chi connectivity index (χ1v) is 8.33. The van der Waals surface area contributed by atoms with Gasteiger partial charge in [-0.05, 0) is 38.1 Å². The van der Waals surface area contributed by atoms with Gasteiger partial charge in [-0.15, -0.1) is 0 Å². The minimum atomic E-state index is -0.788. The van der Waals surface area contributed by atoms with E-state index in [0.717, 1.165) is 12.1 Å². The van der Waals surface area contributed by atoms with Gasteiger partial charge in [0.25, 0.3) is 0 Å². The van der Waals surface area contributed by atoms with Crippen LogP contribution in [-0.2, 0) is 4.74 Å². The highest BCUT2D eigenvalue weighted by molar-refractivity contribution is 5.97. The van der Waals surface area contributed by atoms with Crippen LogP contribution in [0.25, 0.3) is 11.4 Å². The summed E-state index contributed by atoms with van der Waals surface area (Å²) in [6.07, 6.45) is 0. The molecule has 27 heavy (non-hydrogen) atoms. The summed E-state index contributed by atoms with van der Waals surface area (Å²) in [7, 11) is 0. The van der Waals surface area contributed by atoms with Crippen LogP contribution in [0.15, 0.2) is 48.5 Å². The fourth-order valence-corrected chi connectivity index (χ4v) is 2.59. The summed E-state index contributed by atoms with van der Waals surface area (Å²) in [6.45, 7) is 3.42. The highest BCUT2D eigenvalue weighted by atomic mass is 19.1. The minimum Gasteiger partial charge on any atom is -0.462 e. The summed E-state index contributed by atoms with van der Waals surface area (Å²) >= 11 is 0. The van der Waals surface area contributed by atoms with Crippen molar-refractivity contribution in [2.24, 2.45) is 0 Å². The summed E-state index contributed by atoms with van der Waals surface area (Å²) in [5.41, 5.74) is 0.661. The minimum absolute atomic E-state index is 0.112. The summed E-state index contributed by atoms with van der Waals surface area (Å²) in [5, 5.41) is 3.00. The van der Waals surface area contributed by atoms with Crippen LogP contribution < -0.4 is 5.32 Å². The van der Waals surface area contributed by atoms with Crippen molar-refractivity contribution in [1.82, 2.24) is 9.97 Å². The normalized spacial score (nSPS) is 10.5. The number of benzene rings is 2. The molecule has 3 aromatic rings. The van der Waals surface area contributed by atoms with Crippen LogP contribution in [-0.4, -0.2) is 22.5 Å². The second-order valence-electron chi connectivity index (χ2n) is 5.66. The smallest absolute Gasteiger partial charge is 0.343 e. The Morgan fingerprint density at radius 1 is 1.04 bits per heavy atom. The lowest BCUT2D eigenvalue weighted by atomic mass is 10.1. The Kier molecular flexibility index (Phi) is 5.40. The number of anilines is 2. The van der Waals surface area contributed by atoms with E-state index in [9.17, 15) is 13.6 Å². The van der Waals surface area contributed by atoms with Crippen LogP contribution in [0.4, 0.5) is 20.3 Å². The van der Waals surface area contributed by atoms with E-state index in [1.54, 1.807) is 38.1 Å². The van der Waals surface area contributed by atoms with Gasteiger partial charge in [0.15, 0.2) is 5.82 Å². The quantitative estimate of drug-likeness (QED) is 0.663. The van der Waals surface area contributed by atoms with Gasteiger partial charge in [0.1, 0.15) is 23.0 Å². The third-order valence-corrected chi connectivity index (χ3v) is 3.79. The number of nitrogens with one attached hydrogen (secondary N) is 1. The maximum Gasteiger partial charge on any atom is 0.343 e. The number of esters is 1. The fourth-order valence-electron chi connectivity index (χ4n) is 2.59. The zero-order valence-corrected chi connectivity index (χ0v) is 14.8. The standard InChI is InChI=1S/C20H17F2N3O2/c1-3-27-20(26)16-12(2)23-19(17-14(21)10-7-11-15(17)22)25-18(16)24-13-8-5-4-6-9-13/h4-11H,3H2,1-2H3,(H,23,24,25). The maximum absolute atomic E-state index is 14.2. The van der Waals surface area contributed by atoms with Crippen molar-refractivity contribution >= 4 is 17.5 Å². The predicted molar refractivity (Wildman–Crippen MR) is 97.8 cm³/mol. The van der Waals surface area contributed by atoms with Gasteiger partial charge in [0, 0.05) is 5.69 Å². The molecule has 0 unspecified atom stereocenters. The van der Waals surface area contributed by atoms with Crippen molar-refractivity contribution in [3.63, 3.8) is 0 Å². The zero-order valence-electron chi connectivity index (χ0n) is 14.8. The average molecular weight is 369 g/mol. The first-order valence-electron chi connectivity index (χ1n) is 8.33. The lowest BCUT2D eigenvalue weighted by molar-refractivity contribution is 0.0526. The highest BCUT2D eigenvalue weighted by Gasteiger charge is 2.23. The predicted octanol–water partition coefficient (Wildman–Crippen LogP) is 4.65.